The molecule has 0 spiro atoms. The summed E-state index contributed by atoms with van der Waals surface area (Å²) < 4.78 is 1.66. The highest BCUT2D eigenvalue weighted by Crippen LogP contribution is 2.18. The summed E-state index contributed by atoms with van der Waals surface area (Å²) in [6.07, 6.45) is 1.88. The zero-order chi connectivity index (χ0) is 11.2. The Balaban J connectivity index is 2.83. The number of H-pyrrole nitrogens is 1. The van der Waals surface area contributed by atoms with Crippen LogP contribution in [0.15, 0.2) is 11.0 Å². The van der Waals surface area contributed by atoms with Crippen molar-refractivity contribution in [1.29, 1.82) is 0 Å². The first-order chi connectivity index (χ1) is 7.00. The van der Waals surface area contributed by atoms with Crippen LogP contribution in [0.25, 0.3) is 11.0 Å². The van der Waals surface area contributed by atoms with Crippen LogP contribution in [0, 0.1) is 13.8 Å². The zero-order valence-corrected chi connectivity index (χ0v) is 9.46. The van der Waals surface area contributed by atoms with E-state index in [9.17, 15) is 4.79 Å². The van der Waals surface area contributed by atoms with Gasteiger partial charge in [-0.15, -0.1) is 0 Å². The van der Waals surface area contributed by atoms with Crippen molar-refractivity contribution in [1.82, 2.24) is 14.5 Å². The Labute approximate surface area is 88.0 Å². The molecule has 15 heavy (non-hydrogen) atoms. The van der Waals surface area contributed by atoms with Crippen LogP contribution >= 0.6 is 0 Å². The van der Waals surface area contributed by atoms with Gasteiger partial charge in [0.05, 0.1) is 0 Å². The molecule has 2 aromatic rings. The zero-order valence-electron chi connectivity index (χ0n) is 9.46. The van der Waals surface area contributed by atoms with Crippen LogP contribution in [-0.2, 0) is 0 Å². The van der Waals surface area contributed by atoms with Crippen molar-refractivity contribution in [3.8, 4) is 0 Å². The molecule has 4 nitrogen and oxygen atoms in total. The van der Waals surface area contributed by atoms with Gasteiger partial charge in [-0.05, 0) is 33.3 Å². The van der Waals surface area contributed by atoms with E-state index in [4.69, 9.17) is 0 Å². The summed E-state index contributed by atoms with van der Waals surface area (Å²) >= 11 is 0. The molecule has 0 aliphatic carbocycles. The van der Waals surface area contributed by atoms with Gasteiger partial charge in [-0.3, -0.25) is 4.57 Å². The third-order valence-electron chi connectivity index (χ3n) is 2.78. The van der Waals surface area contributed by atoms with Gasteiger partial charge in [0.2, 0.25) is 0 Å². The van der Waals surface area contributed by atoms with Gasteiger partial charge in [0.15, 0.2) is 0 Å². The van der Waals surface area contributed by atoms with Crippen molar-refractivity contribution in [2.75, 3.05) is 0 Å². The molecular formula is C11H15N3O. The van der Waals surface area contributed by atoms with Crippen LogP contribution in [0.1, 0.15) is 31.1 Å². The first kappa shape index (κ1) is 9.96. The summed E-state index contributed by atoms with van der Waals surface area (Å²) in [4.78, 5) is 18.8. The predicted molar refractivity (Wildman–Crippen MR) is 60.2 cm³/mol. The molecule has 0 aliphatic rings. The summed E-state index contributed by atoms with van der Waals surface area (Å²) in [5.41, 5.74) is 2.72. The molecule has 0 saturated heterocycles. The first-order valence-electron chi connectivity index (χ1n) is 5.08. The molecule has 80 valence electrons. The number of hydrogen-bond acceptors (Lipinski definition) is 2. The molecule has 0 fully saturated rings. The monoisotopic (exact) mass is 205 g/mol. The maximum absolute atomic E-state index is 11.6. The number of rotatable bonds is 1. The average Bonchev–Trinajstić information content (AvgIpc) is 2.41. The van der Waals surface area contributed by atoms with E-state index in [2.05, 4.69) is 9.97 Å². The van der Waals surface area contributed by atoms with Crippen molar-refractivity contribution < 1.29 is 0 Å². The van der Waals surface area contributed by atoms with E-state index in [1.807, 2.05) is 33.9 Å². The van der Waals surface area contributed by atoms with Crippen molar-refractivity contribution in [3.63, 3.8) is 0 Å². The summed E-state index contributed by atoms with van der Waals surface area (Å²) in [6, 6.07) is 0.143. The fraction of sp³-hybridized carbons (Fsp3) is 0.455. The average molecular weight is 205 g/mol. The second kappa shape index (κ2) is 3.22. The Morgan fingerprint density at radius 3 is 2.67 bits per heavy atom. The molecule has 2 aromatic heterocycles. The second-order valence-corrected chi connectivity index (χ2v) is 4.16. The Kier molecular flexibility index (Phi) is 2.14. The van der Waals surface area contributed by atoms with E-state index >= 15 is 0 Å². The lowest BCUT2D eigenvalue weighted by Crippen LogP contribution is -2.23. The van der Waals surface area contributed by atoms with E-state index in [0.717, 1.165) is 16.6 Å². The van der Waals surface area contributed by atoms with E-state index in [-0.39, 0.29) is 11.7 Å². The summed E-state index contributed by atoms with van der Waals surface area (Å²) in [7, 11) is 0. The van der Waals surface area contributed by atoms with Crippen molar-refractivity contribution in [2.24, 2.45) is 0 Å². The molecule has 0 bridgehead atoms. The van der Waals surface area contributed by atoms with Crippen molar-refractivity contribution in [2.45, 2.75) is 33.7 Å². The second-order valence-electron chi connectivity index (χ2n) is 4.16. The van der Waals surface area contributed by atoms with E-state index in [0.29, 0.717) is 5.65 Å². The molecule has 0 aromatic carbocycles. The molecule has 0 atom stereocenters. The van der Waals surface area contributed by atoms with Gasteiger partial charge >= 0.3 is 5.69 Å². The first-order valence-corrected chi connectivity index (χ1v) is 5.08. The minimum atomic E-state index is -0.196. The molecular weight excluding hydrogens is 190 g/mol. The molecule has 4 heteroatoms. The van der Waals surface area contributed by atoms with Gasteiger partial charge in [-0.2, -0.15) is 4.98 Å². The fourth-order valence-electron chi connectivity index (χ4n) is 1.68. The third-order valence-corrected chi connectivity index (χ3v) is 2.78. The van der Waals surface area contributed by atoms with Crippen LogP contribution in [0.5, 0.6) is 0 Å². The van der Waals surface area contributed by atoms with E-state index < -0.39 is 0 Å². The molecule has 1 N–H and O–H groups in total. The highest BCUT2D eigenvalue weighted by atomic mass is 16.1. The lowest BCUT2D eigenvalue weighted by Gasteiger charge is -2.08. The molecule has 0 amide bonds. The number of fused-ring (bicyclic) bond motifs is 1. The summed E-state index contributed by atoms with van der Waals surface area (Å²) in [5, 5.41) is 1.03. The highest BCUT2D eigenvalue weighted by Gasteiger charge is 2.09. The number of aromatic nitrogens is 3. The van der Waals surface area contributed by atoms with Gasteiger partial charge in [0, 0.05) is 23.3 Å². The van der Waals surface area contributed by atoms with Gasteiger partial charge in [-0.1, -0.05) is 0 Å². The predicted octanol–water partition coefficient (Wildman–Crippen LogP) is 1.92. The van der Waals surface area contributed by atoms with Crippen LogP contribution < -0.4 is 5.69 Å². The lowest BCUT2D eigenvalue weighted by atomic mass is 10.2. The van der Waals surface area contributed by atoms with Crippen molar-refractivity contribution in [3.05, 3.63) is 27.9 Å². The van der Waals surface area contributed by atoms with Crippen LogP contribution in [-0.4, -0.2) is 14.5 Å². The minimum Gasteiger partial charge on any atom is -0.343 e. The number of aryl methyl sites for hydroxylation is 2. The smallest absolute Gasteiger partial charge is 0.343 e. The molecule has 0 unspecified atom stereocenters. The maximum Gasteiger partial charge on any atom is 0.349 e. The number of hydrogen-bond donors (Lipinski definition) is 1. The Morgan fingerprint density at radius 2 is 2.07 bits per heavy atom. The van der Waals surface area contributed by atoms with Crippen LogP contribution in [0.4, 0.5) is 0 Å². The molecule has 0 radical (unpaired) electrons. The van der Waals surface area contributed by atoms with Crippen molar-refractivity contribution >= 4 is 11.0 Å². The Bertz CT molecular complexity index is 563. The van der Waals surface area contributed by atoms with E-state index in [1.54, 1.807) is 4.57 Å². The minimum absolute atomic E-state index is 0.143. The maximum atomic E-state index is 11.6. The molecule has 0 aliphatic heterocycles. The summed E-state index contributed by atoms with van der Waals surface area (Å²) in [6.45, 7) is 7.97. The number of aromatic amines is 1. The third kappa shape index (κ3) is 1.46. The Morgan fingerprint density at radius 1 is 1.40 bits per heavy atom. The largest absolute Gasteiger partial charge is 0.349 e. The van der Waals surface area contributed by atoms with Crippen LogP contribution in [0.2, 0.25) is 0 Å². The molecule has 0 saturated carbocycles. The molecule has 2 rings (SSSR count). The quantitative estimate of drug-likeness (QED) is 0.773. The van der Waals surface area contributed by atoms with E-state index in [1.165, 1.54) is 0 Å². The molecule has 2 heterocycles. The summed E-state index contributed by atoms with van der Waals surface area (Å²) in [5.74, 6) is 0. The fourth-order valence-corrected chi connectivity index (χ4v) is 1.68. The standard InChI is InChI=1S/C11H15N3O/c1-6(2)14-5-9-7(3)8(4)12-10(9)13-11(14)15/h5-6H,1-4H3,(H,12,13,15). The number of nitrogens with one attached hydrogen (secondary N) is 1. The van der Waals surface area contributed by atoms with Gasteiger partial charge in [0.25, 0.3) is 0 Å². The van der Waals surface area contributed by atoms with Gasteiger partial charge < -0.3 is 4.98 Å². The SMILES string of the molecule is Cc1[nH]c2nc(=O)n(C(C)C)cc2c1C. The lowest BCUT2D eigenvalue weighted by molar-refractivity contribution is 0.568. The number of nitrogens with zero attached hydrogens (tertiary/aromatic N) is 2. The van der Waals surface area contributed by atoms with Gasteiger partial charge in [0.1, 0.15) is 5.65 Å². The van der Waals surface area contributed by atoms with Crippen LogP contribution in [0.3, 0.4) is 0 Å². The highest BCUT2D eigenvalue weighted by molar-refractivity contribution is 5.79. The topological polar surface area (TPSA) is 50.7 Å². The van der Waals surface area contributed by atoms with Gasteiger partial charge in [-0.25, -0.2) is 4.79 Å². The Hall–Kier alpha value is -1.58. The normalized spacial score (nSPS) is 11.5.